The highest BCUT2D eigenvalue weighted by Crippen LogP contribution is 2.19. The summed E-state index contributed by atoms with van der Waals surface area (Å²) >= 11 is 3.27. The number of carbonyl (C=O) groups is 1. The number of aryl methyl sites for hydroxylation is 1. The van der Waals surface area contributed by atoms with Crippen LogP contribution in [0.3, 0.4) is 0 Å². The Morgan fingerprint density at radius 1 is 1.28 bits per heavy atom. The van der Waals surface area contributed by atoms with Gasteiger partial charge < -0.3 is 20.6 Å². The molecule has 0 spiro atoms. The summed E-state index contributed by atoms with van der Waals surface area (Å²) in [6.45, 7) is 0.256. The second-order valence-corrected chi connectivity index (χ2v) is 5.05. The maximum atomic E-state index is 12.0. The van der Waals surface area contributed by atoms with Gasteiger partial charge in [-0.05, 0) is 40.5 Å². The maximum absolute atomic E-state index is 12.0. The number of aliphatic hydroxyl groups is 3. The summed E-state index contributed by atoms with van der Waals surface area (Å²) in [6, 6.07) is 5.19. The highest BCUT2D eigenvalue weighted by atomic mass is 79.9. The zero-order valence-electron chi connectivity index (χ0n) is 9.98. The molecule has 0 radical (unpaired) electrons. The van der Waals surface area contributed by atoms with Gasteiger partial charge in [0.15, 0.2) is 0 Å². The van der Waals surface area contributed by atoms with E-state index in [4.69, 9.17) is 15.3 Å². The lowest BCUT2D eigenvalue weighted by Crippen LogP contribution is -2.57. The van der Waals surface area contributed by atoms with Crippen molar-refractivity contribution in [2.24, 2.45) is 0 Å². The molecule has 1 amide bonds. The SMILES string of the molecule is Cc1ccc(C(=O)NC(CO)(CO)CO)c(Br)c1. The van der Waals surface area contributed by atoms with E-state index in [1.54, 1.807) is 18.2 Å². The second-order valence-electron chi connectivity index (χ2n) is 4.19. The van der Waals surface area contributed by atoms with Crippen LogP contribution in [-0.2, 0) is 0 Å². The standard InChI is InChI=1S/C12H16BrNO4/c1-8-2-3-9(10(13)4-8)11(18)14-12(5-15,6-16)7-17/h2-4,15-17H,5-7H2,1H3,(H,14,18). The van der Waals surface area contributed by atoms with Crippen molar-refractivity contribution >= 4 is 21.8 Å². The Morgan fingerprint density at radius 3 is 2.28 bits per heavy atom. The maximum Gasteiger partial charge on any atom is 0.253 e. The van der Waals surface area contributed by atoms with Crippen LogP contribution in [0, 0.1) is 6.92 Å². The predicted molar refractivity (Wildman–Crippen MR) is 70.3 cm³/mol. The van der Waals surface area contributed by atoms with Gasteiger partial charge in [-0.25, -0.2) is 0 Å². The minimum atomic E-state index is -1.42. The number of hydrogen-bond donors (Lipinski definition) is 4. The molecule has 1 rings (SSSR count). The predicted octanol–water partition coefficient (Wildman–Crippen LogP) is 0.203. The first-order chi connectivity index (χ1) is 8.48. The van der Waals surface area contributed by atoms with Crippen LogP contribution in [0.25, 0.3) is 0 Å². The van der Waals surface area contributed by atoms with E-state index in [9.17, 15) is 4.79 Å². The molecule has 0 aliphatic heterocycles. The number of carbonyl (C=O) groups excluding carboxylic acids is 1. The van der Waals surface area contributed by atoms with Gasteiger partial charge in [0, 0.05) is 4.47 Å². The minimum absolute atomic E-state index is 0.375. The molecule has 4 N–H and O–H groups in total. The van der Waals surface area contributed by atoms with Gasteiger partial charge in [-0.3, -0.25) is 4.79 Å². The van der Waals surface area contributed by atoms with Crippen LogP contribution < -0.4 is 5.32 Å². The summed E-state index contributed by atoms with van der Waals surface area (Å²) in [5.74, 6) is -0.473. The Balaban J connectivity index is 2.94. The zero-order chi connectivity index (χ0) is 13.8. The molecule has 1 aromatic rings. The first-order valence-electron chi connectivity index (χ1n) is 5.39. The smallest absolute Gasteiger partial charge is 0.253 e. The fourth-order valence-corrected chi connectivity index (χ4v) is 2.05. The summed E-state index contributed by atoms with van der Waals surface area (Å²) in [6.07, 6.45) is 0. The molecule has 0 fully saturated rings. The molecule has 0 aliphatic rings. The molecule has 1 aromatic carbocycles. The van der Waals surface area contributed by atoms with E-state index < -0.39 is 31.3 Å². The van der Waals surface area contributed by atoms with Gasteiger partial charge in [0.25, 0.3) is 5.91 Å². The van der Waals surface area contributed by atoms with Gasteiger partial charge >= 0.3 is 0 Å². The number of rotatable bonds is 5. The van der Waals surface area contributed by atoms with Crippen LogP contribution in [0.15, 0.2) is 22.7 Å². The molecule has 0 heterocycles. The molecular formula is C12H16BrNO4. The van der Waals surface area contributed by atoms with Crippen molar-refractivity contribution in [3.63, 3.8) is 0 Å². The third kappa shape index (κ3) is 3.29. The monoisotopic (exact) mass is 317 g/mol. The highest BCUT2D eigenvalue weighted by molar-refractivity contribution is 9.10. The minimum Gasteiger partial charge on any atom is -0.394 e. The fraction of sp³-hybridized carbons (Fsp3) is 0.417. The van der Waals surface area contributed by atoms with Crippen LogP contribution in [0.5, 0.6) is 0 Å². The molecule has 0 atom stereocenters. The molecule has 0 saturated heterocycles. The third-order valence-corrected chi connectivity index (χ3v) is 3.31. The zero-order valence-corrected chi connectivity index (χ0v) is 11.6. The number of benzene rings is 1. The van der Waals surface area contributed by atoms with Crippen LogP contribution in [0.2, 0.25) is 0 Å². The molecule has 0 bridgehead atoms. The van der Waals surface area contributed by atoms with Crippen LogP contribution >= 0.6 is 15.9 Å². The number of amides is 1. The number of nitrogens with one attached hydrogen (secondary N) is 1. The lowest BCUT2D eigenvalue weighted by molar-refractivity contribution is 0.0375. The van der Waals surface area contributed by atoms with Crippen LogP contribution in [-0.4, -0.2) is 46.6 Å². The average Bonchev–Trinajstić information content (AvgIpc) is 2.36. The third-order valence-electron chi connectivity index (χ3n) is 2.66. The van der Waals surface area contributed by atoms with Crippen molar-refractivity contribution in [2.75, 3.05) is 19.8 Å². The quantitative estimate of drug-likeness (QED) is 0.624. The van der Waals surface area contributed by atoms with Gasteiger partial charge in [0.2, 0.25) is 0 Å². The van der Waals surface area contributed by atoms with Crippen molar-refractivity contribution in [1.29, 1.82) is 0 Å². The number of halogens is 1. The Kier molecular flexibility index (Phi) is 5.28. The van der Waals surface area contributed by atoms with Gasteiger partial charge in [-0.15, -0.1) is 0 Å². The molecule has 0 unspecified atom stereocenters. The molecule has 0 saturated carbocycles. The number of hydrogen-bond acceptors (Lipinski definition) is 4. The summed E-state index contributed by atoms with van der Waals surface area (Å²) in [7, 11) is 0. The Labute approximate surface area is 114 Å². The largest absolute Gasteiger partial charge is 0.394 e. The molecule has 100 valence electrons. The van der Waals surface area contributed by atoms with E-state index in [1.807, 2.05) is 6.92 Å². The lowest BCUT2D eigenvalue weighted by Gasteiger charge is -2.28. The van der Waals surface area contributed by atoms with Gasteiger partial charge in [0.1, 0.15) is 5.54 Å². The van der Waals surface area contributed by atoms with Gasteiger partial charge in [0.05, 0.1) is 25.4 Å². The molecule has 18 heavy (non-hydrogen) atoms. The first kappa shape index (κ1) is 15.1. The second kappa shape index (κ2) is 6.29. The van der Waals surface area contributed by atoms with Crippen LogP contribution in [0.1, 0.15) is 15.9 Å². The average molecular weight is 318 g/mol. The number of aliphatic hydroxyl groups excluding tert-OH is 3. The summed E-state index contributed by atoms with van der Waals surface area (Å²) in [5, 5.41) is 29.9. The van der Waals surface area contributed by atoms with E-state index in [1.165, 1.54) is 0 Å². The van der Waals surface area contributed by atoms with Gasteiger partial charge in [-0.1, -0.05) is 6.07 Å². The summed E-state index contributed by atoms with van der Waals surface area (Å²) in [5.41, 5.74) is -0.0435. The van der Waals surface area contributed by atoms with E-state index in [-0.39, 0.29) is 0 Å². The Morgan fingerprint density at radius 2 is 1.83 bits per heavy atom. The molecular weight excluding hydrogens is 302 g/mol. The molecule has 0 aromatic heterocycles. The van der Waals surface area contributed by atoms with E-state index in [0.29, 0.717) is 10.0 Å². The van der Waals surface area contributed by atoms with E-state index >= 15 is 0 Å². The van der Waals surface area contributed by atoms with Crippen molar-refractivity contribution < 1.29 is 20.1 Å². The lowest BCUT2D eigenvalue weighted by atomic mass is 10.0. The highest BCUT2D eigenvalue weighted by Gasteiger charge is 2.30. The van der Waals surface area contributed by atoms with Crippen molar-refractivity contribution in [3.8, 4) is 0 Å². The van der Waals surface area contributed by atoms with E-state index in [2.05, 4.69) is 21.2 Å². The first-order valence-corrected chi connectivity index (χ1v) is 6.18. The molecule has 5 nitrogen and oxygen atoms in total. The summed E-state index contributed by atoms with van der Waals surface area (Å²) in [4.78, 5) is 12.0. The normalized spacial score (nSPS) is 11.4. The van der Waals surface area contributed by atoms with Crippen molar-refractivity contribution in [1.82, 2.24) is 5.32 Å². The molecule has 0 aliphatic carbocycles. The summed E-state index contributed by atoms with van der Waals surface area (Å²) < 4.78 is 0.614. The van der Waals surface area contributed by atoms with Crippen molar-refractivity contribution in [3.05, 3.63) is 33.8 Å². The van der Waals surface area contributed by atoms with Gasteiger partial charge in [-0.2, -0.15) is 0 Å². The fourth-order valence-electron chi connectivity index (χ4n) is 1.38. The van der Waals surface area contributed by atoms with Crippen molar-refractivity contribution in [2.45, 2.75) is 12.5 Å². The molecule has 6 heteroatoms. The van der Waals surface area contributed by atoms with Crippen LogP contribution in [0.4, 0.5) is 0 Å². The Bertz CT molecular complexity index is 424. The van der Waals surface area contributed by atoms with E-state index in [0.717, 1.165) is 5.56 Å². The Hall–Kier alpha value is -0.950. The topological polar surface area (TPSA) is 89.8 Å².